The highest BCUT2D eigenvalue weighted by atomic mass is 19.4. The lowest BCUT2D eigenvalue weighted by molar-refractivity contribution is -0.153. The average Bonchev–Trinajstić information content (AvgIpc) is 2.51. The summed E-state index contributed by atoms with van der Waals surface area (Å²) in [6, 6.07) is 3.63. The van der Waals surface area contributed by atoms with E-state index in [9.17, 15) is 22.8 Å². The van der Waals surface area contributed by atoms with Crippen molar-refractivity contribution >= 4 is 17.5 Å². The number of hydrogen-bond acceptors (Lipinski definition) is 4. The van der Waals surface area contributed by atoms with Crippen LogP contribution < -0.4 is 21.1 Å². The lowest BCUT2D eigenvalue weighted by atomic mass is 10.1. The summed E-state index contributed by atoms with van der Waals surface area (Å²) in [5.41, 5.74) is 6.31. The van der Waals surface area contributed by atoms with Gasteiger partial charge in [0.2, 0.25) is 11.8 Å². The maximum atomic E-state index is 12.2. The van der Waals surface area contributed by atoms with Gasteiger partial charge in [0.1, 0.15) is 5.75 Å². The number of hydrogen-bond donors (Lipinski definition) is 3. The van der Waals surface area contributed by atoms with Gasteiger partial charge in [0, 0.05) is 11.3 Å². The van der Waals surface area contributed by atoms with Crippen LogP contribution in [0.3, 0.4) is 0 Å². The molecule has 0 saturated carbocycles. The second-order valence-corrected chi connectivity index (χ2v) is 5.87. The van der Waals surface area contributed by atoms with Crippen LogP contribution in [0.25, 0.3) is 0 Å². The second kappa shape index (κ2) is 8.70. The van der Waals surface area contributed by atoms with Crippen molar-refractivity contribution in [2.45, 2.75) is 33.0 Å². The van der Waals surface area contributed by atoms with Gasteiger partial charge in [-0.05, 0) is 25.0 Å². The summed E-state index contributed by atoms with van der Waals surface area (Å²) >= 11 is 0. The quantitative estimate of drug-likeness (QED) is 0.692. The molecule has 0 fully saturated rings. The van der Waals surface area contributed by atoms with Crippen molar-refractivity contribution in [3.8, 4) is 5.75 Å². The second-order valence-electron chi connectivity index (χ2n) is 5.87. The Hall–Kier alpha value is -2.29. The molecule has 0 aromatic heterocycles. The van der Waals surface area contributed by atoms with Crippen LogP contribution in [0.15, 0.2) is 18.2 Å². The summed E-state index contributed by atoms with van der Waals surface area (Å²) in [7, 11) is 0. The Morgan fingerprint density at radius 1 is 1.28 bits per heavy atom. The van der Waals surface area contributed by atoms with E-state index in [4.69, 9.17) is 10.5 Å². The third-order valence-electron chi connectivity index (χ3n) is 3.39. The minimum Gasteiger partial charge on any atom is -0.484 e. The Morgan fingerprint density at radius 3 is 2.48 bits per heavy atom. The van der Waals surface area contributed by atoms with Crippen LogP contribution in [0.4, 0.5) is 18.9 Å². The van der Waals surface area contributed by atoms with Crippen molar-refractivity contribution < 1.29 is 27.5 Å². The molecule has 0 radical (unpaired) electrons. The molecule has 0 heterocycles. The maximum absolute atomic E-state index is 12.2. The van der Waals surface area contributed by atoms with Crippen molar-refractivity contribution in [1.29, 1.82) is 0 Å². The molecule has 1 rings (SSSR count). The first-order valence-electron chi connectivity index (χ1n) is 7.63. The van der Waals surface area contributed by atoms with Crippen molar-refractivity contribution in [2.24, 2.45) is 11.7 Å². The molecule has 0 saturated heterocycles. The largest absolute Gasteiger partial charge is 0.484 e. The Labute approximate surface area is 143 Å². The van der Waals surface area contributed by atoms with Gasteiger partial charge < -0.3 is 21.1 Å². The van der Waals surface area contributed by atoms with E-state index in [1.807, 2.05) is 0 Å². The van der Waals surface area contributed by atoms with Crippen molar-refractivity contribution in [2.75, 3.05) is 18.5 Å². The number of carbonyl (C=O) groups excluding carboxylic acids is 2. The first-order chi connectivity index (χ1) is 11.5. The summed E-state index contributed by atoms with van der Waals surface area (Å²) in [6.45, 7) is 3.36. The van der Waals surface area contributed by atoms with E-state index in [1.54, 1.807) is 13.8 Å². The molecule has 4 N–H and O–H groups in total. The van der Waals surface area contributed by atoms with Gasteiger partial charge >= 0.3 is 6.18 Å². The lowest BCUT2D eigenvalue weighted by Gasteiger charge is -2.16. The number of amides is 2. The number of rotatable bonds is 7. The zero-order valence-corrected chi connectivity index (χ0v) is 14.2. The van der Waals surface area contributed by atoms with Gasteiger partial charge in [0.15, 0.2) is 6.61 Å². The molecule has 1 atom stereocenters. The van der Waals surface area contributed by atoms with Crippen molar-refractivity contribution in [3.05, 3.63) is 23.8 Å². The molecule has 1 aromatic carbocycles. The summed E-state index contributed by atoms with van der Waals surface area (Å²) in [6.07, 6.45) is -4.45. The molecule has 9 heteroatoms. The highest BCUT2D eigenvalue weighted by Gasteiger charge is 2.28. The Kier molecular flexibility index (Phi) is 7.22. The molecule has 1 aromatic rings. The molecule has 0 spiro atoms. The molecule has 0 unspecified atom stereocenters. The molecule has 25 heavy (non-hydrogen) atoms. The summed E-state index contributed by atoms with van der Waals surface area (Å²) in [4.78, 5) is 23.6. The minimum absolute atomic E-state index is 0.0148. The lowest BCUT2D eigenvalue weighted by Crippen LogP contribution is -2.46. The van der Waals surface area contributed by atoms with E-state index < -0.39 is 30.6 Å². The SMILES string of the molecule is Cc1c(NC(=O)CNC(=O)[C@@H](N)C(C)C)cccc1OCC(F)(F)F. The molecule has 0 aliphatic heterocycles. The Bertz CT molecular complexity index is 618. The molecule has 0 bridgehead atoms. The number of halogens is 3. The van der Waals surface area contributed by atoms with Gasteiger partial charge in [0.05, 0.1) is 12.6 Å². The maximum Gasteiger partial charge on any atom is 0.422 e. The van der Waals surface area contributed by atoms with Gasteiger partial charge in [-0.15, -0.1) is 0 Å². The first-order valence-corrected chi connectivity index (χ1v) is 7.63. The number of carbonyl (C=O) groups is 2. The highest BCUT2D eigenvalue weighted by molar-refractivity contribution is 5.96. The molecular weight excluding hydrogens is 339 g/mol. The Morgan fingerprint density at radius 2 is 1.92 bits per heavy atom. The van der Waals surface area contributed by atoms with E-state index in [1.165, 1.54) is 25.1 Å². The zero-order chi connectivity index (χ0) is 19.2. The van der Waals surface area contributed by atoms with Crippen LogP contribution in [-0.4, -0.2) is 37.2 Å². The third kappa shape index (κ3) is 7.00. The smallest absolute Gasteiger partial charge is 0.422 e. The van der Waals surface area contributed by atoms with Gasteiger partial charge in [-0.2, -0.15) is 13.2 Å². The van der Waals surface area contributed by atoms with Crippen LogP contribution in [0.5, 0.6) is 5.75 Å². The van der Waals surface area contributed by atoms with Crippen LogP contribution in [0.1, 0.15) is 19.4 Å². The topological polar surface area (TPSA) is 93.5 Å². The van der Waals surface area contributed by atoms with E-state index >= 15 is 0 Å². The van der Waals surface area contributed by atoms with Crippen LogP contribution in [0, 0.1) is 12.8 Å². The zero-order valence-electron chi connectivity index (χ0n) is 14.2. The Balaban J connectivity index is 2.64. The van der Waals surface area contributed by atoms with Crippen LogP contribution in [0.2, 0.25) is 0 Å². The van der Waals surface area contributed by atoms with Gasteiger partial charge in [-0.1, -0.05) is 19.9 Å². The number of anilines is 1. The van der Waals surface area contributed by atoms with Crippen LogP contribution >= 0.6 is 0 Å². The van der Waals surface area contributed by atoms with Gasteiger partial charge in [0.25, 0.3) is 0 Å². The van der Waals surface area contributed by atoms with E-state index in [0.717, 1.165) is 0 Å². The summed E-state index contributed by atoms with van der Waals surface area (Å²) in [5, 5.41) is 4.92. The minimum atomic E-state index is -4.45. The predicted molar refractivity (Wildman–Crippen MR) is 87.2 cm³/mol. The number of alkyl halides is 3. The molecule has 0 aliphatic carbocycles. The summed E-state index contributed by atoms with van der Waals surface area (Å²) in [5.74, 6) is -1.04. The van der Waals surface area contributed by atoms with Gasteiger partial charge in [-0.25, -0.2) is 0 Å². The predicted octanol–water partition coefficient (Wildman–Crippen LogP) is 1.97. The summed E-state index contributed by atoms with van der Waals surface area (Å²) < 4.78 is 41.4. The number of nitrogens with two attached hydrogens (primary N) is 1. The molecular formula is C16H22F3N3O3. The van der Waals surface area contributed by atoms with E-state index in [-0.39, 0.29) is 18.2 Å². The number of ether oxygens (including phenoxy) is 1. The fourth-order valence-electron chi connectivity index (χ4n) is 1.85. The van der Waals surface area contributed by atoms with Crippen molar-refractivity contribution in [1.82, 2.24) is 5.32 Å². The standard InChI is InChI=1S/C16H22F3N3O3/c1-9(2)14(20)15(24)21-7-13(23)22-11-5-4-6-12(10(11)3)25-8-16(17,18)19/h4-6,9,14H,7-8,20H2,1-3H3,(H,21,24)(H,22,23)/t14-/m0/s1. The van der Waals surface area contributed by atoms with Crippen LogP contribution in [-0.2, 0) is 9.59 Å². The molecule has 6 nitrogen and oxygen atoms in total. The van der Waals surface area contributed by atoms with E-state index in [0.29, 0.717) is 11.3 Å². The molecule has 0 aliphatic rings. The van der Waals surface area contributed by atoms with Crippen molar-refractivity contribution in [3.63, 3.8) is 0 Å². The normalized spacial score (nSPS) is 12.6. The number of nitrogens with one attached hydrogen (secondary N) is 2. The first kappa shape index (κ1) is 20.8. The molecule has 140 valence electrons. The monoisotopic (exact) mass is 361 g/mol. The van der Waals surface area contributed by atoms with E-state index in [2.05, 4.69) is 10.6 Å². The molecule has 2 amide bonds. The average molecular weight is 361 g/mol. The fraction of sp³-hybridized carbons (Fsp3) is 0.500. The fourth-order valence-corrected chi connectivity index (χ4v) is 1.85. The van der Waals surface area contributed by atoms with Gasteiger partial charge in [-0.3, -0.25) is 9.59 Å². The number of benzene rings is 1. The highest BCUT2D eigenvalue weighted by Crippen LogP contribution is 2.27. The third-order valence-corrected chi connectivity index (χ3v) is 3.39.